The molecule has 2 aromatic rings. The lowest BCUT2D eigenvalue weighted by molar-refractivity contribution is 0.0733. The zero-order valence-electron chi connectivity index (χ0n) is 17.1. The molecule has 2 aromatic carbocycles. The molecule has 0 aromatic heterocycles. The third kappa shape index (κ3) is 5.04. The minimum absolute atomic E-state index is 0.145. The van der Waals surface area contributed by atoms with Gasteiger partial charge in [0.2, 0.25) is 0 Å². The molecular formula is C22H26ClNO4. The largest absolute Gasteiger partial charge is 0.449 e. The molecule has 0 aliphatic rings. The molecule has 0 radical (unpaired) electrons. The van der Waals surface area contributed by atoms with Crippen molar-refractivity contribution in [3.05, 3.63) is 58.1 Å². The summed E-state index contributed by atoms with van der Waals surface area (Å²) in [7, 11) is 1.60. The maximum atomic E-state index is 12.6. The number of ether oxygens (including phenoxy) is 2. The number of carbonyl (C=O) groups is 2. The fourth-order valence-corrected chi connectivity index (χ4v) is 2.75. The standard InChI is InChI=1S/C22H26ClNO4/c1-7-27-21(26)24(6)18-13-16(22(3,4)5)12-14(2)19(18)28-20(25)15-8-10-17(23)11-9-15/h8-13H,7H2,1-6H3. The van der Waals surface area contributed by atoms with Gasteiger partial charge in [-0.15, -0.1) is 0 Å². The van der Waals surface area contributed by atoms with E-state index in [2.05, 4.69) is 20.8 Å². The van der Waals surface area contributed by atoms with Crippen LogP contribution in [-0.2, 0) is 10.2 Å². The molecule has 0 spiro atoms. The molecule has 0 aliphatic heterocycles. The second-order valence-electron chi connectivity index (χ2n) is 7.55. The number of aryl methyl sites for hydroxylation is 1. The zero-order chi connectivity index (χ0) is 21.1. The molecule has 0 saturated heterocycles. The van der Waals surface area contributed by atoms with Gasteiger partial charge in [0, 0.05) is 12.1 Å². The third-order valence-electron chi connectivity index (χ3n) is 4.30. The highest BCUT2D eigenvalue weighted by atomic mass is 35.5. The van der Waals surface area contributed by atoms with Gasteiger partial charge in [0.05, 0.1) is 17.9 Å². The Morgan fingerprint density at radius 2 is 1.71 bits per heavy atom. The lowest BCUT2D eigenvalue weighted by Crippen LogP contribution is -2.28. The summed E-state index contributed by atoms with van der Waals surface area (Å²) < 4.78 is 10.8. The van der Waals surface area contributed by atoms with Gasteiger partial charge < -0.3 is 9.47 Å². The van der Waals surface area contributed by atoms with E-state index in [1.807, 2.05) is 19.1 Å². The monoisotopic (exact) mass is 403 g/mol. The van der Waals surface area contributed by atoms with Crippen LogP contribution in [0.25, 0.3) is 0 Å². The van der Waals surface area contributed by atoms with Crippen molar-refractivity contribution in [2.45, 2.75) is 40.0 Å². The first-order valence-electron chi connectivity index (χ1n) is 9.08. The van der Waals surface area contributed by atoms with E-state index in [0.717, 1.165) is 11.1 Å². The number of rotatable bonds is 4. The first-order valence-corrected chi connectivity index (χ1v) is 9.45. The molecule has 0 atom stereocenters. The minimum Gasteiger partial charge on any atom is -0.449 e. The Morgan fingerprint density at radius 1 is 1.11 bits per heavy atom. The molecule has 6 heteroatoms. The quantitative estimate of drug-likeness (QED) is 0.481. The predicted molar refractivity (Wildman–Crippen MR) is 112 cm³/mol. The minimum atomic E-state index is -0.526. The normalized spacial score (nSPS) is 11.1. The fourth-order valence-electron chi connectivity index (χ4n) is 2.63. The molecule has 0 N–H and O–H groups in total. The number of amides is 1. The summed E-state index contributed by atoms with van der Waals surface area (Å²) >= 11 is 5.88. The zero-order valence-corrected chi connectivity index (χ0v) is 17.9. The Hall–Kier alpha value is -2.53. The van der Waals surface area contributed by atoms with E-state index in [1.54, 1.807) is 38.2 Å². The Morgan fingerprint density at radius 3 is 2.25 bits per heavy atom. The van der Waals surface area contributed by atoms with E-state index in [9.17, 15) is 9.59 Å². The Kier molecular flexibility index (Phi) is 6.73. The van der Waals surface area contributed by atoms with Crippen LogP contribution in [0.15, 0.2) is 36.4 Å². The van der Waals surface area contributed by atoms with Crippen LogP contribution in [0.2, 0.25) is 5.02 Å². The Labute approximate surface area is 171 Å². The molecule has 2 rings (SSSR count). The van der Waals surface area contributed by atoms with Gasteiger partial charge >= 0.3 is 12.1 Å². The van der Waals surface area contributed by atoms with Gasteiger partial charge in [0.1, 0.15) is 0 Å². The fraction of sp³-hybridized carbons (Fsp3) is 0.364. The highest BCUT2D eigenvalue weighted by Crippen LogP contribution is 2.37. The lowest BCUT2D eigenvalue weighted by Gasteiger charge is -2.26. The highest BCUT2D eigenvalue weighted by Gasteiger charge is 2.25. The van der Waals surface area contributed by atoms with Crippen molar-refractivity contribution in [2.24, 2.45) is 0 Å². The van der Waals surface area contributed by atoms with Crippen molar-refractivity contribution >= 4 is 29.4 Å². The molecule has 0 bridgehead atoms. The molecule has 0 fully saturated rings. The Balaban J connectivity index is 2.50. The van der Waals surface area contributed by atoms with Gasteiger partial charge in [-0.25, -0.2) is 9.59 Å². The maximum absolute atomic E-state index is 12.6. The summed E-state index contributed by atoms with van der Waals surface area (Å²) in [5, 5.41) is 0.532. The van der Waals surface area contributed by atoms with E-state index in [1.165, 1.54) is 4.90 Å². The number of hydrogen-bond donors (Lipinski definition) is 0. The molecule has 5 nitrogen and oxygen atoms in total. The van der Waals surface area contributed by atoms with Crippen molar-refractivity contribution in [3.8, 4) is 5.75 Å². The number of carbonyl (C=O) groups excluding carboxylic acids is 2. The van der Waals surface area contributed by atoms with Gasteiger partial charge in [0.25, 0.3) is 0 Å². The van der Waals surface area contributed by atoms with Crippen LogP contribution in [0.4, 0.5) is 10.5 Å². The molecule has 0 unspecified atom stereocenters. The van der Waals surface area contributed by atoms with Gasteiger partial charge in [-0.1, -0.05) is 38.4 Å². The van der Waals surface area contributed by atoms with E-state index >= 15 is 0 Å². The van der Waals surface area contributed by atoms with Gasteiger partial charge in [-0.3, -0.25) is 4.90 Å². The van der Waals surface area contributed by atoms with Gasteiger partial charge in [0.15, 0.2) is 5.75 Å². The van der Waals surface area contributed by atoms with Gasteiger partial charge in [-0.2, -0.15) is 0 Å². The van der Waals surface area contributed by atoms with E-state index in [0.29, 0.717) is 22.0 Å². The molecule has 0 saturated carbocycles. The second-order valence-corrected chi connectivity index (χ2v) is 7.98. The van der Waals surface area contributed by atoms with Crippen molar-refractivity contribution in [2.75, 3.05) is 18.6 Å². The molecule has 0 heterocycles. The van der Waals surface area contributed by atoms with E-state index in [4.69, 9.17) is 21.1 Å². The first-order chi connectivity index (χ1) is 13.0. The van der Waals surface area contributed by atoms with Crippen LogP contribution in [0.1, 0.15) is 49.2 Å². The summed E-state index contributed by atoms with van der Waals surface area (Å²) in [6.07, 6.45) is -0.517. The van der Waals surface area contributed by atoms with Crippen molar-refractivity contribution < 1.29 is 19.1 Å². The SMILES string of the molecule is CCOC(=O)N(C)c1cc(C(C)(C)C)cc(C)c1OC(=O)c1ccc(Cl)cc1. The van der Waals surface area contributed by atoms with Crippen LogP contribution >= 0.6 is 11.6 Å². The number of nitrogens with zero attached hydrogens (tertiary/aromatic N) is 1. The molecule has 28 heavy (non-hydrogen) atoms. The Bertz CT molecular complexity index is 869. The van der Waals surface area contributed by atoms with Crippen molar-refractivity contribution in [3.63, 3.8) is 0 Å². The number of hydrogen-bond acceptors (Lipinski definition) is 4. The smallest absolute Gasteiger partial charge is 0.414 e. The van der Waals surface area contributed by atoms with Gasteiger partial charge in [-0.05, 0) is 60.7 Å². The topological polar surface area (TPSA) is 55.8 Å². The summed E-state index contributed by atoms with van der Waals surface area (Å²) in [5.41, 5.74) is 2.47. The summed E-state index contributed by atoms with van der Waals surface area (Å²) in [5.74, 6) is -0.203. The summed E-state index contributed by atoms with van der Waals surface area (Å²) in [6, 6.07) is 10.3. The summed E-state index contributed by atoms with van der Waals surface area (Å²) in [4.78, 5) is 26.3. The number of halogens is 1. The van der Waals surface area contributed by atoms with Crippen LogP contribution < -0.4 is 9.64 Å². The van der Waals surface area contributed by atoms with Crippen LogP contribution in [0.3, 0.4) is 0 Å². The number of esters is 1. The summed E-state index contributed by atoms with van der Waals surface area (Å²) in [6.45, 7) is 10.1. The number of anilines is 1. The van der Waals surface area contributed by atoms with Crippen molar-refractivity contribution in [1.29, 1.82) is 0 Å². The molecule has 150 valence electrons. The highest BCUT2D eigenvalue weighted by molar-refractivity contribution is 6.30. The van der Waals surface area contributed by atoms with E-state index in [-0.39, 0.29) is 12.0 Å². The van der Waals surface area contributed by atoms with Crippen LogP contribution in [-0.4, -0.2) is 25.7 Å². The van der Waals surface area contributed by atoms with Crippen LogP contribution in [0.5, 0.6) is 5.75 Å². The molecule has 1 amide bonds. The lowest BCUT2D eigenvalue weighted by atomic mass is 9.85. The second kappa shape index (κ2) is 8.65. The average molecular weight is 404 g/mol. The van der Waals surface area contributed by atoms with Crippen LogP contribution in [0, 0.1) is 6.92 Å². The number of benzene rings is 2. The third-order valence-corrected chi connectivity index (χ3v) is 4.55. The molecule has 0 aliphatic carbocycles. The average Bonchev–Trinajstić information content (AvgIpc) is 2.62. The first kappa shape index (κ1) is 21.8. The maximum Gasteiger partial charge on any atom is 0.414 e. The van der Waals surface area contributed by atoms with Crippen molar-refractivity contribution in [1.82, 2.24) is 0 Å². The molecular weight excluding hydrogens is 378 g/mol. The predicted octanol–water partition coefficient (Wildman–Crippen LogP) is 5.76. The van der Waals surface area contributed by atoms with E-state index < -0.39 is 12.1 Å².